The molecule has 0 bridgehead atoms. The van der Waals surface area contributed by atoms with Gasteiger partial charge in [-0.3, -0.25) is 4.79 Å². The summed E-state index contributed by atoms with van der Waals surface area (Å²) in [6, 6.07) is 3.03. The summed E-state index contributed by atoms with van der Waals surface area (Å²) in [6.07, 6.45) is 6.97. The van der Waals surface area contributed by atoms with Crippen LogP contribution in [-0.2, 0) is 4.79 Å². The predicted molar refractivity (Wildman–Crippen MR) is 77.2 cm³/mol. The summed E-state index contributed by atoms with van der Waals surface area (Å²) in [4.78, 5) is 25.4. The van der Waals surface area contributed by atoms with E-state index in [4.69, 9.17) is 9.15 Å². The average molecular weight is 289 g/mol. The number of amides is 1. The summed E-state index contributed by atoms with van der Waals surface area (Å²) in [5.41, 5.74) is -0.411. The molecule has 1 unspecified atom stereocenters. The molecular weight excluding hydrogens is 270 g/mol. The standard InChI is InChI=1S/C16H19NO4/c1-11-7-13(8-15(18)20-11)21-14-9-17(10-14)16(19)12-5-3-2-4-6-12/h2-3,7-8,12,14H,4-6,9-10H2,1H3. The number of ether oxygens (including phenoxy) is 1. The fourth-order valence-corrected chi connectivity index (χ4v) is 2.80. The molecule has 21 heavy (non-hydrogen) atoms. The van der Waals surface area contributed by atoms with E-state index in [1.165, 1.54) is 6.07 Å². The molecule has 0 saturated carbocycles. The second-order valence-corrected chi connectivity index (χ2v) is 5.69. The van der Waals surface area contributed by atoms with Gasteiger partial charge in [-0.15, -0.1) is 0 Å². The molecule has 0 radical (unpaired) electrons. The number of allylic oxidation sites excluding steroid dienone is 2. The highest BCUT2D eigenvalue weighted by Gasteiger charge is 2.35. The predicted octanol–water partition coefficient (Wildman–Crippen LogP) is 1.89. The van der Waals surface area contributed by atoms with Gasteiger partial charge in [-0.25, -0.2) is 4.79 Å². The summed E-state index contributed by atoms with van der Waals surface area (Å²) < 4.78 is 10.6. The minimum atomic E-state index is -0.411. The first-order valence-corrected chi connectivity index (χ1v) is 7.34. The van der Waals surface area contributed by atoms with E-state index in [2.05, 4.69) is 12.2 Å². The van der Waals surface area contributed by atoms with Crippen molar-refractivity contribution in [1.29, 1.82) is 0 Å². The molecule has 1 aliphatic heterocycles. The number of hydrogen-bond donors (Lipinski definition) is 0. The third-order valence-corrected chi connectivity index (χ3v) is 3.95. The van der Waals surface area contributed by atoms with Crippen LogP contribution in [-0.4, -0.2) is 30.0 Å². The molecule has 1 aromatic rings. The quantitative estimate of drug-likeness (QED) is 0.797. The van der Waals surface area contributed by atoms with Gasteiger partial charge in [-0.1, -0.05) is 12.2 Å². The Kier molecular flexibility index (Phi) is 3.82. The number of aryl methyl sites for hydroxylation is 1. The molecular formula is C16H19NO4. The van der Waals surface area contributed by atoms with Gasteiger partial charge in [0, 0.05) is 12.0 Å². The van der Waals surface area contributed by atoms with Gasteiger partial charge in [0.05, 0.1) is 19.2 Å². The first kappa shape index (κ1) is 13.9. The van der Waals surface area contributed by atoms with Gasteiger partial charge >= 0.3 is 5.63 Å². The van der Waals surface area contributed by atoms with Crippen LogP contribution >= 0.6 is 0 Å². The number of likely N-dealkylation sites (tertiary alicyclic amines) is 1. The Balaban J connectivity index is 1.52. The first-order chi connectivity index (χ1) is 10.1. The third kappa shape index (κ3) is 3.17. The zero-order valence-electron chi connectivity index (χ0n) is 12.1. The molecule has 1 aromatic heterocycles. The Morgan fingerprint density at radius 3 is 2.81 bits per heavy atom. The van der Waals surface area contributed by atoms with Crippen molar-refractivity contribution in [2.75, 3.05) is 13.1 Å². The van der Waals surface area contributed by atoms with E-state index >= 15 is 0 Å². The Labute approximate surface area is 123 Å². The number of hydrogen-bond acceptors (Lipinski definition) is 4. The summed E-state index contributed by atoms with van der Waals surface area (Å²) in [7, 11) is 0. The van der Waals surface area contributed by atoms with Crippen molar-refractivity contribution in [2.24, 2.45) is 5.92 Å². The van der Waals surface area contributed by atoms with Crippen LogP contribution in [0.15, 0.2) is 33.5 Å². The Morgan fingerprint density at radius 2 is 2.14 bits per heavy atom. The fourth-order valence-electron chi connectivity index (χ4n) is 2.80. The molecule has 112 valence electrons. The van der Waals surface area contributed by atoms with Crippen molar-refractivity contribution in [3.05, 3.63) is 40.5 Å². The van der Waals surface area contributed by atoms with Crippen LogP contribution in [0.4, 0.5) is 0 Å². The first-order valence-electron chi connectivity index (χ1n) is 7.34. The third-order valence-electron chi connectivity index (χ3n) is 3.95. The molecule has 1 saturated heterocycles. The van der Waals surface area contributed by atoms with E-state index in [-0.39, 0.29) is 17.9 Å². The number of rotatable bonds is 3. The molecule has 5 nitrogen and oxygen atoms in total. The molecule has 0 N–H and O–H groups in total. The van der Waals surface area contributed by atoms with Crippen molar-refractivity contribution in [3.63, 3.8) is 0 Å². The SMILES string of the molecule is Cc1cc(OC2CN(C(=O)C3CC=CCC3)C2)cc(=O)o1. The lowest BCUT2D eigenvalue weighted by atomic mass is 9.92. The lowest BCUT2D eigenvalue weighted by molar-refractivity contribution is -0.144. The van der Waals surface area contributed by atoms with Crippen molar-refractivity contribution >= 4 is 5.91 Å². The normalized spacial score (nSPS) is 22.0. The van der Waals surface area contributed by atoms with Crippen LogP contribution in [0.25, 0.3) is 0 Å². The lowest BCUT2D eigenvalue weighted by Gasteiger charge is -2.40. The maximum Gasteiger partial charge on any atom is 0.339 e. The topological polar surface area (TPSA) is 59.8 Å². The lowest BCUT2D eigenvalue weighted by Crippen LogP contribution is -2.57. The molecule has 0 spiro atoms. The smallest absolute Gasteiger partial charge is 0.339 e. The minimum Gasteiger partial charge on any atom is -0.486 e. The summed E-state index contributed by atoms with van der Waals surface area (Å²) in [5, 5.41) is 0. The van der Waals surface area contributed by atoms with Gasteiger partial charge in [0.2, 0.25) is 5.91 Å². The van der Waals surface area contributed by atoms with Gasteiger partial charge in [-0.05, 0) is 26.2 Å². The highest BCUT2D eigenvalue weighted by Crippen LogP contribution is 2.24. The summed E-state index contributed by atoms with van der Waals surface area (Å²) >= 11 is 0. The second kappa shape index (κ2) is 5.76. The van der Waals surface area contributed by atoms with Crippen LogP contribution in [0.5, 0.6) is 5.75 Å². The number of carbonyl (C=O) groups is 1. The Morgan fingerprint density at radius 1 is 1.33 bits per heavy atom. The van der Waals surface area contributed by atoms with Gasteiger partial charge in [0.1, 0.15) is 17.6 Å². The van der Waals surface area contributed by atoms with Crippen LogP contribution in [0.1, 0.15) is 25.0 Å². The van der Waals surface area contributed by atoms with E-state index in [1.807, 2.05) is 4.90 Å². The maximum atomic E-state index is 12.3. The zero-order chi connectivity index (χ0) is 14.8. The molecule has 1 amide bonds. The van der Waals surface area contributed by atoms with Crippen LogP contribution in [0, 0.1) is 12.8 Å². The molecule has 1 aliphatic carbocycles. The Hall–Kier alpha value is -2.04. The molecule has 0 aromatic carbocycles. The maximum absolute atomic E-state index is 12.3. The molecule has 2 aliphatic rings. The monoisotopic (exact) mass is 289 g/mol. The largest absolute Gasteiger partial charge is 0.486 e. The molecule has 5 heteroatoms. The van der Waals surface area contributed by atoms with E-state index in [9.17, 15) is 9.59 Å². The van der Waals surface area contributed by atoms with E-state index in [0.717, 1.165) is 19.3 Å². The fraction of sp³-hybridized carbons (Fsp3) is 0.500. The van der Waals surface area contributed by atoms with Gasteiger partial charge in [0.25, 0.3) is 0 Å². The van der Waals surface area contributed by atoms with Crippen molar-refractivity contribution in [3.8, 4) is 5.75 Å². The van der Waals surface area contributed by atoms with Crippen LogP contribution < -0.4 is 10.4 Å². The summed E-state index contributed by atoms with van der Waals surface area (Å²) in [6.45, 7) is 2.90. The molecule has 1 fully saturated rings. The second-order valence-electron chi connectivity index (χ2n) is 5.69. The van der Waals surface area contributed by atoms with Crippen molar-refractivity contribution in [1.82, 2.24) is 4.90 Å². The van der Waals surface area contributed by atoms with E-state index in [0.29, 0.717) is 24.6 Å². The van der Waals surface area contributed by atoms with Crippen molar-refractivity contribution < 1.29 is 13.9 Å². The van der Waals surface area contributed by atoms with Gasteiger partial charge in [-0.2, -0.15) is 0 Å². The Bertz CT molecular complexity index is 613. The molecule has 1 atom stereocenters. The van der Waals surface area contributed by atoms with Gasteiger partial charge < -0.3 is 14.1 Å². The van der Waals surface area contributed by atoms with E-state index < -0.39 is 5.63 Å². The summed E-state index contributed by atoms with van der Waals surface area (Å²) in [5.74, 6) is 1.39. The number of nitrogens with zero attached hydrogens (tertiary/aromatic N) is 1. The van der Waals surface area contributed by atoms with Crippen LogP contribution in [0.3, 0.4) is 0 Å². The average Bonchev–Trinajstić information content (AvgIpc) is 2.41. The van der Waals surface area contributed by atoms with E-state index in [1.54, 1.807) is 13.0 Å². The molecule has 2 heterocycles. The zero-order valence-corrected chi connectivity index (χ0v) is 12.1. The minimum absolute atomic E-state index is 0.0331. The van der Waals surface area contributed by atoms with Crippen molar-refractivity contribution in [2.45, 2.75) is 32.3 Å². The highest BCUT2D eigenvalue weighted by molar-refractivity contribution is 5.80. The highest BCUT2D eigenvalue weighted by atomic mass is 16.5. The molecule has 3 rings (SSSR count). The number of carbonyl (C=O) groups excluding carboxylic acids is 1. The van der Waals surface area contributed by atoms with Gasteiger partial charge in [0.15, 0.2) is 0 Å². The van der Waals surface area contributed by atoms with Crippen LogP contribution in [0.2, 0.25) is 0 Å².